The van der Waals surface area contributed by atoms with Crippen molar-refractivity contribution in [3.63, 3.8) is 0 Å². The predicted octanol–water partition coefficient (Wildman–Crippen LogP) is 6.08. The highest BCUT2D eigenvalue weighted by molar-refractivity contribution is 7.80. The molecule has 0 bridgehead atoms. The number of nitrogens with one attached hydrogen (secondary N) is 1. The normalized spacial score (nSPS) is 17.9. The number of pyridine rings is 1. The molecule has 1 saturated heterocycles. The Balaban J connectivity index is 1.66. The zero-order valence-corrected chi connectivity index (χ0v) is 19.4. The number of alkyl halides is 3. The number of methoxy groups -OCH3 is 1. The number of nitrogens with zero attached hydrogens (tertiary/aromatic N) is 3. The summed E-state index contributed by atoms with van der Waals surface area (Å²) in [4.78, 5) is 6.49. The Morgan fingerprint density at radius 2 is 1.74 bits per heavy atom. The summed E-state index contributed by atoms with van der Waals surface area (Å²) >= 11 is 5.75. The molecule has 4 aromatic rings. The number of hydrogen-bond acceptors (Lipinski definition) is 3. The van der Waals surface area contributed by atoms with Gasteiger partial charge in [-0.25, -0.2) is 0 Å². The van der Waals surface area contributed by atoms with Gasteiger partial charge >= 0.3 is 6.18 Å². The minimum absolute atomic E-state index is 0.339. The first-order chi connectivity index (χ1) is 16.9. The van der Waals surface area contributed by atoms with Gasteiger partial charge in [-0.2, -0.15) is 13.2 Å². The molecule has 5 nitrogen and oxygen atoms in total. The lowest BCUT2D eigenvalue weighted by Crippen LogP contribution is -2.30. The molecule has 2 aromatic heterocycles. The van der Waals surface area contributed by atoms with Gasteiger partial charge in [-0.05, 0) is 66.8 Å². The Morgan fingerprint density at radius 1 is 0.943 bits per heavy atom. The van der Waals surface area contributed by atoms with Crippen LogP contribution in [-0.4, -0.2) is 21.8 Å². The SMILES string of the molecule is COc1cccc(N2C(=S)N[C@@H](c3ccccn3)[C@H]2c2cccn2-c2cccc(C(F)(F)F)c2)c1. The van der Waals surface area contributed by atoms with Crippen LogP contribution in [-0.2, 0) is 6.18 Å². The van der Waals surface area contributed by atoms with E-state index in [2.05, 4.69) is 10.3 Å². The van der Waals surface area contributed by atoms with Crippen molar-refractivity contribution in [1.29, 1.82) is 0 Å². The number of rotatable bonds is 5. The molecule has 0 saturated carbocycles. The van der Waals surface area contributed by atoms with E-state index < -0.39 is 17.8 Å². The van der Waals surface area contributed by atoms with Crippen LogP contribution in [0.3, 0.4) is 0 Å². The lowest BCUT2D eigenvalue weighted by Gasteiger charge is -2.29. The van der Waals surface area contributed by atoms with E-state index in [0.717, 1.165) is 29.2 Å². The molecule has 2 aromatic carbocycles. The molecule has 178 valence electrons. The molecule has 0 unspecified atom stereocenters. The van der Waals surface area contributed by atoms with Gasteiger partial charge in [0.25, 0.3) is 0 Å². The van der Waals surface area contributed by atoms with Crippen LogP contribution in [0.25, 0.3) is 5.69 Å². The molecule has 35 heavy (non-hydrogen) atoms. The van der Waals surface area contributed by atoms with Gasteiger partial charge in [0.05, 0.1) is 24.4 Å². The van der Waals surface area contributed by atoms with Gasteiger partial charge in [-0.1, -0.05) is 18.2 Å². The fraction of sp³-hybridized carbons (Fsp3) is 0.154. The van der Waals surface area contributed by atoms with Gasteiger partial charge in [-0.3, -0.25) is 4.98 Å². The quantitative estimate of drug-likeness (QED) is 0.341. The summed E-state index contributed by atoms with van der Waals surface area (Å²) in [6.07, 6.45) is -0.981. The van der Waals surface area contributed by atoms with Gasteiger partial charge in [-0.15, -0.1) is 0 Å². The molecule has 1 aliphatic heterocycles. The van der Waals surface area contributed by atoms with Gasteiger partial charge in [0.15, 0.2) is 5.11 Å². The van der Waals surface area contributed by atoms with Gasteiger partial charge in [0.2, 0.25) is 0 Å². The molecule has 9 heteroatoms. The van der Waals surface area contributed by atoms with E-state index in [1.165, 1.54) is 6.07 Å². The lowest BCUT2D eigenvalue weighted by molar-refractivity contribution is -0.137. The zero-order valence-electron chi connectivity index (χ0n) is 18.6. The van der Waals surface area contributed by atoms with Crippen LogP contribution in [0.2, 0.25) is 0 Å². The third-order valence-corrected chi connectivity index (χ3v) is 6.28. The second-order valence-electron chi connectivity index (χ2n) is 8.05. The third-order valence-electron chi connectivity index (χ3n) is 5.96. The molecule has 0 aliphatic carbocycles. The molecule has 2 atom stereocenters. The molecule has 1 aliphatic rings. The van der Waals surface area contributed by atoms with Crippen molar-refractivity contribution in [3.8, 4) is 11.4 Å². The average molecular weight is 495 g/mol. The molecule has 5 rings (SSSR count). The Kier molecular flexibility index (Phi) is 5.94. The van der Waals surface area contributed by atoms with Crippen molar-refractivity contribution < 1.29 is 17.9 Å². The zero-order chi connectivity index (χ0) is 24.6. The molecule has 0 radical (unpaired) electrons. The van der Waals surface area contributed by atoms with Crippen molar-refractivity contribution in [1.82, 2.24) is 14.9 Å². The number of halogens is 3. The summed E-state index contributed by atoms with van der Waals surface area (Å²) in [6, 6.07) is 21.4. The largest absolute Gasteiger partial charge is 0.497 e. The number of thiocarbonyl (C=S) groups is 1. The Bertz CT molecular complexity index is 1360. The van der Waals surface area contributed by atoms with Crippen LogP contribution < -0.4 is 15.0 Å². The molecule has 1 N–H and O–H groups in total. The second kappa shape index (κ2) is 9.07. The standard InChI is InChI=1S/C26H21F3N4OS/c1-34-20-10-5-9-19(16-20)33-24(23(31-25(33)35)21-11-2-3-13-30-21)22-12-6-14-32(22)18-8-4-7-17(15-18)26(27,28)29/h2-16,23-24H,1H3,(H,31,35)/t23-,24+/m0/s1. The summed E-state index contributed by atoms with van der Waals surface area (Å²) in [6.45, 7) is 0. The summed E-state index contributed by atoms with van der Waals surface area (Å²) in [7, 11) is 1.59. The lowest BCUT2D eigenvalue weighted by atomic mass is 10.0. The van der Waals surface area contributed by atoms with Crippen molar-refractivity contribution in [2.45, 2.75) is 18.3 Å². The molecule has 3 heterocycles. The van der Waals surface area contributed by atoms with Crippen molar-refractivity contribution in [2.24, 2.45) is 0 Å². The first kappa shape index (κ1) is 22.9. The Hall–Kier alpha value is -3.85. The summed E-state index contributed by atoms with van der Waals surface area (Å²) in [5, 5.41) is 3.85. The Labute approximate surface area is 205 Å². The number of ether oxygens (including phenoxy) is 1. The van der Waals surface area contributed by atoms with Crippen molar-refractivity contribution >= 4 is 23.0 Å². The maximum atomic E-state index is 13.4. The third kappa shape index (κ3) is 4.35. The fourth-order valence-corrected chi connectivity index (χ4v) is 4.74. The molecular formula is C26H21F3N4OS. The summed E-state index contributed by atoms with van der Waals surface area (Å²) in [5.41, 5.74) is 2.02. The maximum absolute atomic E-state index is 13.4. The molecule has 1 fully saturated rings. The van der Waals surface area contributed by atoms with E-state index in [0.29, 0.717) is 16.5 Å². The topological polar surface area (TPSA) is 42.3 Å². The first-order valence-corrected chi connectivity index (χ1v) is 11.3. The smallest absolute Gasteiger partial charge is 0.416 e. The van der Waals surface area contributed by atoms with Crippen molar-refractivity contribution in [2.75, 3.05) is 12.0 Å². The average Bonchev–Trinajstić information content (AvgIpc) is 3.48. The van der Waals surface area contributed by atoms with Crippen LogP contribution in [0, 0.1) is 0 Å². The van der Waals surface area contributed by atoms with E-state index in [1.807, 2.05) is 59.5 Å². The van der Waals surface area contributed by atoms with Crippen LogP contribution in [0.1, 0.15) is 29.0 Å². The Morgan fingerprint density at radius 3 is 2.49 bits per heavy atom. The predicted molar refractivity (Wildman–Crippen MR) is 132 cm³/mol. The number of aromatic nitrogens is 2. The first-order valence-electron chi connectivity index (χ1n) is 10.9. The number of benzene rings is 2. The van der Waals surface area contributed by atoms with Crippen LogP contribution in [0.15, 0.2) is 91.3 Å². The summed E-state index contributed by atoms with van der Waals surface area (Å²) in [5.74, 6) is 0.665. The monoisotopic (exact) mass is 494 g/mol. The van der Waals surface area contributed by atoms with Crippen molar-refractivity contribution in [3.05, 3.63) is 108 Å². The van der Waals surface area contributed by atoms with Gasteiger partial charge in [0.1, 0.15) is 11.8 Å². The second-order valence-corrected chi connectivity index (χ2v) is 8.44. The minimum atomic E-state index is -4.44. The molecular weight excluding hydrogens is 473 g/mol. The van der Waals surface area contributed by atoms with E-state index >= 15 is 0 Å². The molecule has 0 spiro atoms. The summed E-state index contributed by atoms with van der Waals surface area (Å²) < 4.78 is 47.5. The van der Waals surface area contributed by atoms with E-state index in [4.69, 9.17) is 17.0 Å². The van der Waals surface area contributed by atoms with E-state index in [1.54, 1.807) is 30.1 Å². The number of hydrogen-bond donors (Lipinski definition) is 1. The highest BCUT2D eigenvalue weighted by atomic mass is 32.1. The van der Waals surface area contributed by atoms with Crippen LogP contribution in [0.5, 0.6) is 5.75 Å². The van der Waals surface area contributed by atoms with E-state index in [9.17, 15) is 13.2 Å². The number of anilines is 1. The van der Waals surface area contributed by atoms with Crippen LogP contribution >= 0.6 is 12.2 Å². The minimum Gasteiger partial charge on any atom is -0.497 e. The maximum Gasteiger partial charge on any atom is 0.416 e. The fourth-order valence-electron chi connectivity index (χ4n) is 4.40. The highest BCUT2D eigenvalue weighted by Gasteiger charge is 2.42. The van der Waals surface area contributed by atoms with Crippen LogP contribution in [0.4, 0.5) is 18.9 Å². The molecule has 0 amide bonds. The van der Waals surface area contributed by atoms with E-state index in [-0.39, 0.29) is 6.04 Å². The highest BCUT2D eigenvalue weighted by Crippen LogP contribution is 2.43. The van der Waals surface area contributed by atoms with Gasteiger partial charge < -0.3 is 19.5 Å². The van der Waals surface area contributed by atoms with Gasteiger partial charge in [0, 0.05) is 35.5 Å².